The van der Waals surface area contributed by atoms with Crippen molar-refractivity contribution in [2.45, 2.75) is 13.8 Å². The van der Waals surface area contributed by atoms with E-state index in [9.17, 15) is 9.59 Å². The van der Waals surface area contributed by atoms with Gasteiger partial charge in [0.15, 0.2) is 0 Å². The fourth-order valence-electron chi connectivity index (χ4n) is 4.80. The van der Waals surface area contributed by atoms with E-state index in [-0.39, 0.29) is 24.4 Å². The molecular weight excluding hydrogens is 508 g/mol. The zero-order valence-corrected chi connectivity index (χ0v) is 23.3. The van der Waals surface area contributed by atoms with Crippen LogP contribution >= 0.6 is 0 Å². The summed E-state index contributed by atoms with van der Waals surface area (Å²) in [5, 5.41) is 0. The van der Waals surface area contributed by atoms with Gasteiger partial charge in [-0.05, 0) is 62.5 Å². The fourth-order valence-corrected chi connectivity index (χ4v) is 4.80. The van der Waals surface area contributed by atoms with E-state index in [1.807, 2.05) is 62.3 Å². The highest BCUT2D eigenvalue weighted by molar-refractivity contribution is 6.29. The van der Waals surface area contributed by atoms with Gasteiger partial charge in [0.2, 0.25) is 0 Å². The smallest absolute Gasteiger partial charge is 0.342 e. The monoisotopic (exact) mass is 538 g/mol. The molecule has 204 valence electrons. The second-order valence-corrected chi connectivity index (χ2v) is 9.54. The van der Waals surface area contributed by atoms with Gasteiger partial charge in [0.1, 0.15) is 11.1 Å². The Morgan fingerprint density at radius 3 is 1.23 bits per heavy atom. The second kappa shape index (κ2) is 10.7. The fraction of sp³-hybridized carbons (Fsp3) is 0.267. The van der Waals surface area contributed by atoms with Crippen molar-refractivity contribution in [2.24, 2.45) is 20.0 Å². The Hall–Kier alpha value is -4.86. The Morgan fingerprint density at radius 1 is 0.550 bits per heavy atom. The van der Waals surface area contributed by atoms with Crippen molar-refractivity contribution in [3.8, 4) is 0 Å². The molecule has 0 saturated carbocycles. The number of rotatable bonds is 6. The minimum atomic E-state index is -0.508. The maximum atomic E-state index is 13.2. The molecule has 10 heteroatoms. The third-order valence-corrected chi connectivity index (χ3v) is 6.41. The lowest BCUT2D eigenvalue weighted by Gasteiger charge is -2.18. The lowest BCUT2D eigenvalue weighted by Crippen LogP contribution is -2.20. The highest BCUT2D eigenvalue weighted by Gasteiger charge is 2.30. The van der Waals surface area contributed by atoms with Gasteiger partial charge >= 0.3 is 11.9 Å². The number of hydrogen-bond acceptors (Lipinski definition) is 10. The molecule has 0 aliphatic carbocycles. The molecule has 10 nitrogen and oxygen atoms in total. The minimum absolute atomic E-state index is 0.216. The summed E-state index contributed by atoms with van der Waals surface area (Å²) in [6.07, 6.45) is 14.4. The van der Waals surface area contributed by atoms with Gasteiger partial charge in [0, 0.05) is 28.2 Å². The molecule has 0 amide bonds. The van der Waals surface area contributed by atoms with Gasteiger partial charge in [-0.3, -0.25) is 0 Å². The summed E-state index contributed by atoms with van der Waals surface area (Å²) in [5.74, 6) is -1.02. The van der Waals surface area contributed by atoms with Crippen molar-refractivity contribution in [1.82, 2.24) is 9.80 Å². The molecule has 0 saturated heterocycles. The van der Waals surface area contributed by atoms with Crippen molar-refractivity contribution in [3.05, 3.63) is 93.9 Å². The average molecular weight is 539 g/mol. The number of carbonyl (C=O) groups is 2. The van der Waals surface area contributed by atoms with Gasteiger partial charge in [-0.1, -0.05) is 0 Å². The number of fused-ring (bicyclic) bond motifs is 4. The van der Waals surface area contributed by atoms with Crippen LogP contribution in [0.25, 0.3) is 0 Å². The molecule has 0 unspecified atom stereocenters. The van der Waals surface area contributed by atoms with Gasteiger partial charge < -0.3 is 19.3 Å². The van der Waals surface area contributed by atoms with E-state index in [2.05, 4.69) is 0 Å². The average Bonchev–Trinajstić information content (AvgIpc) is 3.70. The molecule has 0 atom stereocenters. The zero-order chi connectivity index (χ0) is 28.6. The molecule has 8 bridgehead atoms. The predicted molar refractivity (Wildman–Crippen MR) is 155 cm³/mol. The van der Waals surface area contributed by atoms with Crippen molar-refractivity contribution in [1.29, 1.82) is 0 Å². The van der Waals surface area contributed by atoms with E-state index in [1.165, 1.54) is 0 Å². The van der Waals surface area contributed by atoms with Gasteiger partial charge in [0.25, 0.3) is 0 Å². The highest BCUT2D eigenvalue weighted by atomic mass is 16.5. The molecule has 5 heterocycles. The summed E-state index contributed by atoms with van der Waals surface area (Å²) in [4.78, 5) is 49.4. The molecule has 0 aromatic carbocycles. The summed E-state index contributed by atoms with van der Waals surface area (Å²) in [6.45, 7) is 3.95. The second-order valence-electron chi connectivity index (χ2n) is 9.54. The normalized spacial score (nSPS) is 18.9. The van der Waals surface area contributed by atoms with E-state index >= 15 is 0 Å². The Labute approximate surface area is 232 Å². The van der Waals surface area contributed by atoms with Crippen LogP contribution in [0.5, 0.6) is 0 Å². The number of carbonyl (C=O) groups excluding carboxylic acids is 2. The van der Waals surface area contributed by atoms with Crippen molar-refractivity contribution < 1.29 is 19.1 Å². The summed E-state index contributed by atoms with van der Waals surface area (Å²) in [5.41, 5.74) is 6.17. The van der Waals surface area contributed by atoms with Crippen LogP contribution < -0.4 is 0 Å². The Morgan fingerprint density at radius 2 is 0.875 bits per heavy atom. The van der Waals surface area contributed by atoms with Crippen LogP contribution in [-0.2, 0) is 19.1 Å². The van der Waals surface area contributed by atoms with Crippen molar-refractivity contribution in [2.75, 3.05) is 41.4 Å². The number of ether oxygens (including phenoxy) is 2. The lowest BCUT2D eigenvalue weighted by atomic mass is 10.1. The van der Waals surface area contributed by atoms with Crippen LogP contribution in [0.4, 0.5) is 0 Å². The number of hydrogen-bond donors (Lipinski definition) is 0. The lowest BCUT2D eigenvalue weighted by molar-refractivity contribution is -0.138. The van der Waals surface area contributed by atoms with Crippen LogP contribution in [0.2, 0.25) is 0 Å². The number of aliphatic imine (C=N–C) groups is 4. The topological polar surface area (TPSA) is 109 Å². The Bertz CT molecular complexity index is 1460. The summed E-state index contributed by atoms with van der Waals surface area (Å²) >= 11 is 0. The SMILES string of the molecule is CCOC(=O)C1=C2C=CC(=N2)C(N(C)C)=C2C=CC(=N2)C(C(=O)OCC)=C2C=CC(=N2)C(N(C)C)=C2C=CC1=N2. The van der Waals surface area contributed by atoms with E-state index in [4.69, 9.17) is 29.4 Å². The van der Waals surface area contributed by atoms with Crippen LogP contribution in [0.15, 0.2) is 114 Å². The maximum Gasteiger partial charge on any atom is 0.342 e. The van der Waals surface area contributed by atoms with Crippen LogP contribution in [-0.4, -0.2) is 86.0 Å². The largest absolute Gasteiger partial charge is 0.462 e. The molecule has 5 rings (SSSR count). The van der Waals surface area contributed by atoms with Crippen LogP contribution in [0.3, 0.4) is 0 Å². The number of esters is 2. The van der Waals surface area contributed by atoms with Crippen molar-refractivity contribution in [3.63, 3.8) is 0 Å². The molecule has 0 spiro atoms. The molecule has 0 N–H and O–H groups in total. The Kier molecular flexibility index (Phi) is 7.17. The number of allylic oxidation sites excluding steroid dienone is 8. The van der Waals surface area contributed by atoms with Crippen LogP contribution in [0.1, 0.15) is 13.8 Å². The quantitative estimate of drug-likeness (QED) is 0.481. The van der Waals surface area contributed by atoms with Crippen molar-refractivity contribution >= 4 is 34.8 Å². The maximum absolute atomic E-state index is 13.2. The first kappa shape index (κ1) is 26.7. The molecule has 5 aliphatic rings. The van der Waals surface area contributed by atoms with Gasteiger partial charge in [-0.2, -0.15) is 0 Å². The summed E-state index contributed by atoms with van der Waals surface area (Å²) in [6, 6.07) is 0. The molecule has 0 radical (unpaired) electrons. The van der Waals surface area contributed by atoms with Crippen LogP contribution in [0, 0.1) is 0 Å². The first-order valence-electron chi connectivity index (χ1n) is 13.0. The van der Waals surface area contributed by atoms with Gasteiger partial charge in [-0.25, -0.2) is 29.6 Å². The molecule has 0 fully saturated rings. The van der Waals surface area contributed by atoms with Gasteiger partial charge in [-0.15, -0.1) is 0 Å². The van der Waals surface area contributed by atoms with E-state index in [0.29, 0.717) is 57.0 Å². The summed E-state index contributed by atoms with van der Waals surface area (Å²) in [7, 11) is 7.54. The van der Waals surface area contributed by atoms with E-state index in [0.717, 1.165) is 0 Å². The first-order chi connectivity index (χ1) is 19.2. The third kappa shape index (κ3) is 4.72. The van der Waals surface area contributed by atoms with Gasteiger partial charge in [0.05, 0.1) is 70.2 Å². The molecule has 40 heavy (non-hydrogen) atoms. The highest BCUT2D eigenvalue weighted by Crippen LogP contribution is 2.31. The van der Waals surface area contributed by atoms with E-state index in [1.54, 1.807) is 38.2 Å². The standard InChI is InChI=1S/C30H30N6O4/c1-7-39-29(37)25-17-9-13-21(31-17)27(35(3)4)23-15-11-19(33-23)26(30(38)40-8-2)20-12-16-24(34-20)28(36(5)6)22-14-10-18(25)32-22/h9-16H,7-8H2,1-6H3. The minimum Gasteiger partial charge on any atom is -0.462 e. The molecule has 5 aliphatic heterocycles. The Balaban J connectivity index is 1.84. The molecule has 0 aromatic heterocycles. The third-order valence-electron chi connectivity index (χ3n) is 6.41. The van der Waals surface area contributed by atoms with E-state index < -0.39 is 11.9 Å². The first-order valence-corrected chi connectivity index (χ1v) is 13.0. The number of nitrogens with zero attached hydrogens (tertiary/aromatic N) is 6. The molecular formula is C30H30N6O4. The zero-order valence-electron chi connectivity index (χ0n) is 23.3. The predicted octanol–water partition coefficient (Wildman–Crippen LogP) is 3.22. The summed E-state index contributed by atoms with van der Waals surface area (Å²) < 4.78 is 10.8. The molecule has 0 aromatic rings.